The second kappa shape index (κ2) is 6.18. The highest BCUT2D eigenvalue weighted by Gasteiger charge is 2.62. The van der Waals surface area contributed by atoms with E-state index in [0.717, 1.165) is 6.42 Å². The van der Waals surface area contributed by atoms with Crippen LogP contribution in [0.5, 0.6) is 0 Å². The van der Waals surface area contributed by atoms with Gasteiger partial charge in [0, 0.05) is 0 Å². The lowest BCUT2D eigenvalue weighted by Crippen LogP contribution is -2.52. The molecular formula is C21H33BO2. The maximum absolute atomic E-state index is 6.39. The Morgan fingerprint density at radius 3 is 2.12 bits per heavy atom. The molecule has 1 aromatic rings. The molecule has 3 heteroatoms. The largest absolute Gasteiger partial charge is 0.461 e. The summed E-state index contributed by atoms with van der Waals surface area (Å²) in [6.45, 7) is 13.3. The summed E-state index contributed by atoms with van der Waals surface area (Å²) in [5.41, 5.74) is 1.26. The van der Waals surface area contributed by atoms with Crippen LogP contribution >= 0.6 is 0 Å². The molecule has 0 N–H and O–H groups in total. The molecular weight excluding hydrogens is 295 g/mol. The van der Waals surface area contributed by atoms with E-state index in [1.54, 1.807) is 0 Å². The Balaban J connectivity index is 1.81. The van der Waals surface area contributed by atoms with Crippen molar-refractivity contribution in [1.82, 2.24) is 0 Å². The van der Waals surface area contributed by atoms with Gasteiger partial charge in [-0.1, -0.05) is 57.0 Å². The van der Waals surface area contributed by atoms with Gasteiger partial charge in [-0.25, -0.2) is 0 Å². The van der Waals surface area contributed by atoms with Crippen molar-refractivity contribution in [3.8, 4) is 0 Å². The molecule has 1 saturated carbocycles. The van der Waals surface area contributed by atoms with Gasteiger partial charge in [0.2, 0.25) is 0 Å². The molecule has 0 bridgehead atoms. The average molecular weight is 328 g/mol. The molecule has 3 atom stereocenters. The van der Waals surface area contributed by atoms with Crippen molar-refractivity contribution in [3.05, 3.63) is 35.9 Å². The molecule has 24 heavy (non-hydrogen) atoms. The molecule has 0 spiro atoms. The lowest BCUT2D eigenvalue weighted by Gasteiger charge is -2.55. The molecule has 132 valence electrons. The number of unbranched alkanes of at least 4 members (excludes halogenated alkanes) is 1. The Hall–Kier alpha value is -0.795. The molecule has 2 fully saturated rings. The van der Waals surface area contributed by atoms with Crippen LogP contribution in [0, 0.1) is 5.92 Å². The van der Waals surface area contributed by atoms with Crippen LogP contribution in [0.2, 0.25) is 5.82 Å². The molecule has 3 rings (SSSR count). The van der Waals surface area contributed by atoms with Gasteiger partial charge >= 0.3 is 7.12 Å². The molecule has 2 nitrogen and oxygen atoms in total. The molecule has 1 saturated heterocycles. The van der Waals surface area contributed by atoms with Gasteiger partial charge < -0.3 is 9.31 Å². The normalized spacial score (nSPS) is 34.2. The Bertz CT molecular complexity index is 552. The Morgan fingerprint density at radius 2 is 1.58 bits per heavy atom. The molecule has 0 radical (unpaired) electrons. The third kappa shape index (κ3) is 2.84. The maximum Gasteiger partial charge on any atom is 0.461 e. The highest BCUT2D eigenvalue weighted by Crippen LogP contribution is 2.61. The summed E-state index contributed by atoms with van der Waals surface area (Å²) in [7, 11) is -0.0614. The Labute approximate surface area is 148 Å². The fourth-order valence-corrected chi connectivity index (χ4v) is 4.55. The maximum atomic E-state index is 6.39. The van der Waals surface area contributed by atoms with Gasteiger partial charge in [0.1, 0.15) is 0 Å². The molecule has 1 aliphatic carbocycles. The smallest absolute Gasteiger partial charge is 0.403 e. The monoisotopic (exact) mass is 328 g/mol. The molecule has 1 aromatic carbocycles. The van der Waals surface area contributed by atoms with Gasteiger partial charge in [-0.2, -0.15) is 0 Å². The van der Waals surface area contributed by atoms with E-state index in [1.807, 2.05) is 0 Å². The van der Waals surface area contributed by atoms with Crippen LogP contribution in [0.1, 0.15) is 72.8 Å². The number of hydrogen-bond donors (Lipinski definition) is 0. The highest BCUT2D eigenvalue weighted by molar-refractivity contribution is 6.48. The SMILES string of the molecule is CCCC[C@@H]1[C@H](B2OC(C)(C)C(C)(C)O2)C[C@]1(C)c1ccccc1. The first kappa shape index (κ1) is 18.0. The van der Waals surface area contributed by atoms with Crippen molar-refractivity contribution >= 4 is 7.12 Å². The van der Waals surface area contributed by atoms with Crippen molar-refractivity contribution in [2.45, 2.75) is 89.7 Å². The lowest BCUT2D eigenvalue weighted by molar-refractivity contribution is 0.00578. The average Bonchev–Trinajstić information content (AvgIpc) is 2.73. The van der Waals surface area contributed by atoms with Crippen LogP contribution in [0.15, 0.2) is 30.3 Å². The van der Waals surface area contributed by atoms with Crippen LogP contribution in [-0.4, -0.2) is 18.3 Å². The molecule has 0 aromatic heterocycles. The van der Waals surface area contributed by atoms with Crippen molar-refractivity contribution in [2.24, 2.45) is 5.92 Å². The predicted molar refractivity (Wildman–Crippen MR) is 101 cm³/mol. The van der Waals surface area contributed by atoms with Crippen LogP contribution in [0.25, 0.3) is 0 Å². The fraction of sp³-hybridized carbons (Fsp3) is 0.714. The molecule has 0 unspecified atom stereocenters. The van der Waals surface area contributed by atoms with E-state index < -0.39 is 0 Å². The van der Waals surface area contributed by atoms with E-state index >= 15 is 0 Å². The van der Waals surface area contributed by atoms with Gasteiger partial charge in [0.15, 0.2) is 0 Å². The quantitative estimate of drug-likeness (QED) is 0.653. The van der Waals surface area contributed by atoms with E-state index in [1.165, 1.54) is 24.8 Å². The standard InChI is InChI=1S/C21H33BO2/c1-7-8-14-17-18(22-23-19(2,3)20(4,5)24-22)15-21(17,6)16-12-10-9-11-13-16/h9-13,17-18H,7-8,14-15H2,1-6H3/t17-,18-,21-/m1/s1. The minimum absolute atomic E-state index is 0.0614. The van der Waals surface area contributed by atoms with E-state index in [2.05, 4.69) is 71.9 Å². The minimum Gasteiger partial charge on any atom is -0.403 e. The first-order valence-corrected chi connectivity index (χ1v) is 9.62. The summed E-state index contributed by atoms with van der Waals surface area (Å²) in [6, 6.07) is 11.0. The van der Waals surface area contributed by atoms with E-state index in [0.29, 0.717) is 11.7 Å². The van der Waals surface area contributed by atoms with Crippen molar-refractivity contribution in [3.63, 3.8) is 0 Å². The van der Waals surface area contributed by atoms with Gasteiger partial charge in [-0.15, -0.1) is 0 Å². The first-order valence-electron chi connectivity index (χ1n) is 9.62. The zero-order chi connectivity index (χ0) is 17.6. The van der Waals surface area contributed by atoms with Crippen LogP contribution in [-0.2, 0) is 14.7 Å². The molecule has 0 amide bonds. The van der Waals surface area contributed by atoms with Crippen LogP contribution in [0.3, 0.4) is 0 Å². The third-order valence-electron chi connectivity index (χ3n) is 6.92. The van der Waals surface area contributed by atoms with E-state index in [-0.39, 0.29) is 23.7 Å². The van der Waals surface area contributed by atoms with Gasteiger partial charge in [-0.3, -0.25) is 0 Å². The molecule has 2 aliphatic rings. The highest BCUT2D eigenvalue weighted by atomic mass is 16.7. The molecule has 1 aliphatic heterocycles. The lowest BCUT2D eigenvalue weighted by atomic mass is 9.41. The second-order valence-electron chi connectivity index (χ2n) is 9.02. The second-order valence-corrected chi connectivity index (χ2v) is 9.02. The van der Waals surface area contributed by atoms with E-state index in [4.69, 9.17) is 9.31 Å². The van der Waals surface area contributed by atoms with Gasteiger partial charge in [0.25, 0.3) is 0 Å². The molecule has 1 heterocycles. The van der Waals surface area contributed by atoms with Gasteiger partial charge in [0.05, 0.1) is 11.2 Å². The van der Waals surface area contributed by atoms with Gasteiger partial charge in [-0.05, 0) is 63.3 Å². The van der Waals surface area contributed by atoms with E-state index in [9.17, 15) is 0 Å². The minimum atomic E-state index is -0.230. The summed E-state index contributed by atoms with van der Waals surface area (Å²) >= 11 is 0. The number of rotatable bonds is 5. The van der Waals surface area contributed by atoms with Crippen molar-refractivity contribution < 1.29 is 9.31 Å². The topological polar surface area (TPSA) is 18.5 Å². The Kier molecular flexibility index (Phi) is 4.64. The van der Waals surface area contributed by atoms with Crippen LogP contribution in [0.4, 0.5) is 0 Å². The summed E-state index contributed by atoms with van der Waals surface area (Å²) in [5.74, 6) is 1.14. The summed E-state index contributed by atoms with van der Waals surface area (Å²) in [6.07, 6.45) is 4.94. The van der Waals surface area contributed by atoms with Crippen molar-refractivity contribution in [1.29, 1.82) is 0 Å². The third-order valence-corrected chi connectivity index (χ3v) is 6.92. The van der Waals surface area contributed by atoms with Crippen LogP contribution < -0.4 is 0 Å². The van der Waals surface area contributed by atoms with Crippen molar-refractivity contribution in [2.75, 3.05) is 0 Å². The summed E-state index contributed by atoms with van der Waals surface area (Å²) < 4.78 is 12.8. The predicted octanol–water partition coefficient (Wildman–Crippen LogP) is 5.62. The summed E-state index contributed by atoms with van der Waals surface area (Å²) in [4.78, 5) is 0. The zero-order valence-corrected chi connectivity index (χ0v) is 16.3. The fourth-order valence-electron chi connectivity index (χ4n) is 4.55. The zero-order valence-electron chi connectivity index (χ0n) is 16.3. The Morgan fingerprint density at radius 1 is 1.00 bits per heavy atom. The first-order chi connectivity index (χ1) is 11.2. The number of benzene rings is 1. The summed E-state index contributed by atoms with van der Waals surface area (Å²) in [5, 5.41) is 0. The number of hydrogen-bond acceptors (Lipinski definition) is 2.